The van der Waals surface area contributed by atoms with Crippen molar-refractivity contribution in [1.82, 2.24) is 10.1 Å². The van der Waals surface area contributed by atoms with Gasteiger partial charge in [0.05, 0.1) is 10.6 Å². The highest BCUT2D eigenvalue weighted by Crippen LogP contribution is 2.30. The van der Waals surface area contributed by atoms with E-state index in [9.17, 15) is 18.3 Å². The highest BCUT2D eigenvalue weighted by Gasteiger charge is 2.23. The minimum Gasteiger partial charge on any atom is -0.478 e. The lowest BCUT2D eigenvalue weighted by Crippen LogP contribution is -2.23. The molecule has 192 valence electrons. The Bertz CT molecular complexity index is 1510. The minimum absolute atomic E-state index is 0.0377. The van der Waals surface area contributed by atoms with Crippen molar-refractivity contribution < 1.29 is 22.8 Å². The first kappa shape index (κ1) is 25.9. The molecular weight excluding hydrogens is 492 g/mol. The van der Waals surface area contributed by atoms with Crippen LogP contribution < -0.4 is 10.0 Å². The Morgan fingerprint density at radius 3 is 2.43 bits per heavy atom. The predicted octanol–water partition coefficient (Wildman–Crippen LogP) is 5.29. The van der Waals surface area contributed by atoms with Crippen LogP contribution in [0.4, 0.5) is 11.7 Å². The number of hydrogen-bond acceptors (Lipinski definition) is 7. The summed E-state index contributed by atoms with van der Waals surface area (Å²) in [7, 11) is -3.93. The molecule has 0 saturated carbocycles. The number of benzene rings is 2. The molecule has 4 aromatic rings. The SMILES string of the molecule is CCC(Cc1ccc(-c2ccccc2S(=O)(=O)Nc2onc(C)c2C)cc1)Nc1ncccc1C(=O)O. The first-order valence-corrected chi connectivity index (χ1v) is 13.3. The maximum Gasteiger partial charge on any atom is 0.339 e. The summed E-state index contributed by atoms with van der Waals surface area (Å²) in [5.41, 5.74) is 3.68. The third-order valence-electron chi connectivity index (χ3n) is 6.18. The van der Waals surface area contributed by atoms with Crippen molar-refractivity contribution in [2.45, 2.75) is 44.6 Å². The monoisotopic (exact) mass is 520 g/mol. The molecule has 37 heavy (non-hydrogen) atoms. The summed E-state index contributed by atoms with van der Waals surface area (Å²) < 4.78 is 34.0. The van der Waals surface area contributed by atoms with Gasteiger partial charge in [-0.15, -0.1) is 0 Å². The fourth-order valence-corrected chi connectivity index (χ4v) is 5.19. The molecule has 0 bridgehead atoms. The summed E-state index contributed by atoms with van der Waals surface area (Å²) in [6.07, 6.45) is 2.95. The third-order valence-corrected chi connectivity index (χ3v) is 7.57. The Morgan fingerprint density at radius 1 is 1.05 bits per heavy atom. The number of sulfonamides is 1. The highest BCUT2D eigenvalue weighted by molar-refractivity contribution is 7.92. The molecule has 0 radical (unpaired) electrons. The summed E-state index contributed by atoms with van der Waals surface area (Å²) in [6.45, 7) is 5.50. The van der Waals surface area contributed by atoms with E-state index in [1.165, 1.54) is 6.07 Å². The lowest BCUT2D eigenvalue weighted by atomic mass is 9.99. The summed E-state index contributed by atoms with van der Waals surface area (Å²) in [6, 6.07) is 17.5. The number of anilines is 2. The van der Waals surface area contributed by atoms with Crippen molar-refractivity contribution in [1.29, 1.82) is 0 Å². The van der Waals surface area contributed by atoms with Crippen molar-refractivity contribution in [3.8, 4) is 11.1 Å². The Hall–Kier alpha value is -4.18. The van der Waals surface area contributed by atoms with E-state index >= 15 is 0 Å². The molecule has 0 spiro atoms. The zero-order chi connectivity index (χ0) is 26.6. The van der Waals surface area contributed by atoms with Crippen molar-refractivity contribution in [2.75, 3.05) is 10.0 Å². The van der Waals surface area contributed by atoms with Gasteiger partial charge in [-0.05, 0) is 56.0 Å². The van der Waals surface area contributed by atoms with Gasteiger partial charge in [-0.1, -0.05) is 54.5 Å². The summed E-state index contributed by atoms with van der Waals surface area (Å²) >= 11 is 0. The maximum atomic E-state index is 13.2. The van der Waals surface area contributed by atoms with Crippen LogP contribution in [0.3, 0.4) is 0 Å². The van der Waals surface area contributed by atoms with Crippen molar-refractivity contribution in [2.24, 2.45) is 0 Å². The van der Waals surface area contributed by atoms with Crippen LogP contribution in [0.1, 0.15) is 40.5 Å². The molecule has 1 unspecified atom stereocenters. The second-order valence-corrected chi connectivity index (χ2v) is 10.3. The Kier molecular flexibility index (Phi) is 7.58. The van der Waals surface area contributed by atoms with E-state index in [2.05, 4.69) is 20.2 Å². The molecule has 0 saturated heterocycles. The van der Waals surface area contributed by atoms with Crippen LogP contribution in [0.15, 0.2) is 76.3 Å². The normalized spacial score (nSPS) is 12.2. The number of nitrogens with zero attached hydrogens (tertiary/aromatic N) is 2. The first-order valence-electron chi connectivity index (χ1n) is 11.8. The van der Waals surface area contributed by atoms with Gasteiger partial charge in [0.25, 0.3) is 10.0 Å². The molecule has 0 fully saturated rings. The van der Waals surface area contributed by atoms with Crippen LogP contribution in [0.5, 0.6) is 0 Å². The number of pyridine rings is 1. The molecule has 0 amide bonds. The van der Waals surface area contributed by atoms with Crippen LogP contribution in [-0.2, 0) is 16.4 Å². The van der Waals surface area contributed by atoms with E-state index in [0.29, 0.717) is 29.1 Å². The van der Waals surface area contributed by atoms with E-state index in [1.807, 2.05) is 31.2 Å². The second kappa shape index (κ2) is 10.8. The number of rotatable bonds is 10. The molecule has 2 heterocycles. The molecule has 10 heteroatoms. The third kappa shape index (κ3) is 5.80. The maximum absolute atomic E-state index is 13.2. The summed E-state index contributed by atoms with van der Waals surface area (Å²) in [5, 5.41) is 16.5. The van der Waals surface area contributed by atoms with Crippen molar-refractivity contribution in [3.63, 3.8) is 0 Å². The first-order chi connectivity index (χ1) is 17.7. The number of carboxylic acids is 1. The minimum atomic E-state index is -3.93. The number of aryl methyl sites for hydroxylation is 1. The molecule has 0 aliphatic rings. The van der Waals surface area contributed by atoms with Crippen molar-refractivity contribution >= 4 is 27.7 Å². The molecule has 9 nitrogen and oxygen atoms in total. The van der Waals surface area contributed by atoms with E-state index < -0.39 is 16.0 Å². The molecule has 2 aromatic heterocycles. The lowest BCUT2D eigenvalue weighted by Gasteiger charge is -2.19. The van der Waals surface area contributed by atoms with Crippen LogP contribution >= 0.6 is 0 Å². The number of hydrogen-bond donors (Lipinski definition) is 3. The van der Waals surface area contributed by atoms with Gasteiger partial charge in [-0.2, -0.15) is 0 Å². The number of aromatic carboxylic acids is 1. The Labute approximate surface area is 215 Å². The van der Waals surface area contributed by atoms with Crippen molar-refractivity contribution in [3.05, 3.63) is 89.2 Å². The predicted molar refractivity (Wildman–Crippen MR) is 141 cm³/mol. The molecule has 0 aliphatic heterocycles. The van der Waals surface area contributed by atoms with E-state index in [4.69, 9.17) is 4.52 Å². The van der Waals surface area contributed by atoms with Gasteiger partial charge < -0.3 is 14.9 Å². The number of carbonyl (C=O) groups is 1. The van der Waals surface area contributed by atoms with Gasteiger partial charge in [-0.25, -0.2) is 22.9 Å². The van der Waals surface area contributed by atoms with Gasteiger partial charge >= 0.3 is 5.97 Å². The summed E-state index contributed by atoms with van der Waals surface area (Å²) in [4.78, 5) is 15.8. The Balaban J connectivity index is 1.55. The molecule has 2 aromatic carbocycles. The quantitative estimate of drug-likeness (QED) is 0.257. The van der Waals surface area contributed by atoms with Crippen LogP contribution in [0.2, 0.25) is 0 Å². The topological polar surface area (TPSA) is 134 Å². The average molecular weight is 521 g/mol. The van der Waals surface area contributed by atoms with Crippen LogP contribution in [0, 0.1) is 13.8 Å². The zero-order valence-corrected chi connectivity index (χ0v) is 21.5. The zero-order valence-electron chi connectivity index (χ0n) is 20.7. The second-order valence-electron chi connectivity index (χ2n) is 8.68. The van der Waals surface area contributed by atoms with Gasteiger partial charge in [0, 0.05) is 23.4 Å². The van der Waals surface area contributed by atoms with Crippen LogP contribution in [0.25, 0.3) is 11.1 Å². The molecule has 4 rings (SSSR count). The Morgan fingerprint density at radius 2 is 1.78 bits per heavy atom. The lowest BCUT2D eigenvalue weighted by molar-refractivity contribution is 0.0697. The van der Waals surface area contributed by atoms with Crippen LogP contribution in [-0.4, -0.2) is 35.7 Å². The largest absolute Gasteiger partial charge is 0.478 e. The molecular formula is C27H28N4O5S. The number of carboxylic acid groups (broad SMARTS) is 1. The van der Waals surface area contributed by atoms with E-state index in [0.717, 1.165) is 17.5 Å². The summed E-state index contributed by atoms with van der Waals surface area (Å²) in [5.74, 6) is -0.603. The number of aromatic nitrogens is 2. The number of nitrogens with one attached hydrogen (secondary N) is 2. The molecule has 0 aliphatic carbocycles. The van der Waals surface area contributed by atoms with E-state index in [-0.39, 0.29) is 22.4 Å². The highest BCUT2D eigenvalue weighted by atomic mass is 32.2. The average Bonchev–Trinajstić information content (AvgIpc) is 3.20. The molecule has 1 atom stereocenters. The van der Waals surface area contributed by atoms with Gasteiger partial charge in [0.1, 0.15) is 11.4 Å². The fraction of sp³-hybridized carbons (Fsp3) is 0.222. The van der Waals surface area contributed by atoms with Gasteiger partial charge in [-0.3, -0.25) is 0 Å². The van der Waals surface area contributed by atoms with Gasteiger partial charge in [0.2, 0.25) is 5.88 Å². The fourth-order valence-electron chi connectivity index (χ4n) is 3.92. The molecule has 3 N–H and O–H groups in total. The van der Waals surface area contributed by atoms with E-state index in [1.54, 1.807) is 50.4 Å². The van der Waals surface area contributed by atoms with Gasteiger partial charge in [0.15, 0.2) is 0 Å². The standard InChI is InChI=1S/C27H28N4O5S/c1-4-21(29-25-23(27(32)33)9-7-15-28-25)16-19-11-13-20(14-12-19)22-8-5-6-10-24(22)37(34,35)31-26-17(2)18(3)30-36-26/h5-15,21,31H,4,16H2,1-3H3,(H,28,29)(H,32,33). The smallest absolute Gasteiger partial charge is 0.339 e.